The minimum absolute atomic E-state index is 0. The molecule has 1 N–H and O–H groups in total. The van der Waals surface area contributed by atoms with Gasteiger partial charge >= 0.3 is 5.97 Å². The number of ether oxygens (including phenoxy) is 2. The SMILES string of the molecule is COC(=O)CNc1c(OC)ccc2ccccc12.Cl. The Morgan fingerprint density at radius 1 is 1.16 bits per heavy atom. The highest BCUT2D eigenvalue weighted by Crippen LogP contribution is 2.32. The van der Waals surface area contributed by atoms with E-state index in [0.29, 0.717) is 5.75 Å². The van der Waals surface area contributed by atoms with E-state index >= 15 is 0 Å². The fourth-order valence-electron chi connectivity index (χ4n) is 1.84. The quantitative estimate of drug-likeness (QED) is 0.876. The molecule has 0 aliphatic heterocycles. The first-order valence-corrected chi connectivity index (χ1v) is 5.62. The highest BCUT2D eigenvalue weighted by atomic mass is 35.5. The average Bonchev–Trinajstić information content (AvgIpc) is 2.44. The molecule has 0 spiro atoms. The molecule has 0 saturated carbocycles. The number of rotatable bonds is 4. The van der Waals surface area contributed by atoms with Gasteiger partial charge in [-0.2, -0.15) is 0 Å². The fraction of sp³-hybridized carbons (Fsp3) is 0.214. The second-order valence-electron chi connectivity index (χ2n) is 3.79. The predicted molar refractivity (Wildman–Crippen MR) is 78.3 cm³/mol. The van der Waals surface area contributed by atoms with E-state index in [2.05, 4.69) is 10.1 Å². The van der Waals surface area contributed by atoms with E-state index in [1.165, 1.54) is 7.11 Å². The van der Waals surface area contributed by atoms with Crippen molar-refractivity contribution in [1.29, 1.82) is 0 Å². The molecule has 0 heterocycles. The molecule has 0 bridgehead atoms. The molecule has 0 amide bonds. The number of carbonyl (C=O) groups excluding carboxylic acids is 1. The molecule has 0 atom stereocenters. The van der Waals surface area contributed by atoms with Gasteiger partial charge in [-0.3, -0.25) is 4.79 Å². The highest BCUT2D eigenvalue weighted by molar-refractivity contribution is 5.97. The van der Waals surface area contributed by atoms with Crippen molar-refractivity contribution in [2.24, 2.45) is 0 Å². The Kier molecular flexibility index (Phi) is 5.45. The van der Waals surface area contributed by atoms with Crippen LogP contribution in [0.25, 0.3) is 10.8 Å². The van der Waals surface area contributed by atoms with Crippen LogP contribution in [0.1, 0.15) is 0 Å². The number of methoxy groups -OCH3 is 2. The molecule has 19 heavy (non-hydrogen) atoms. The van der Waals surface area contributed by atoms with Gasteiger partial charge in [-0.05, 0) is 11.5 Å². The Labute approximate surface area is 118 Å². The summed E-state index contributed by atoms with van der Waals surface area (Å²) in [4.78, 5) is 11.2. The second-order valence-corrected chi connectivity index (χ2v) is 3.79. The van der Waals surface area contributed by atoms with E-state index in [4.69, 9.17) is 4.74 Å². The summed E-state index contributed by atoms with van der Waals surface area (Å²) in [5.74, 6) is 0.391. The fourth-order valence-corrected chi connectivity index (χ4v) is 1.84. The third kappa shape index (κ3) is 3.29. The Morgan fingerprint density at radius 3 is 2.58 bits per heavy atom. The van der Waals surface area contributed by atoms with Gasteiger partial charge in [0.15, 0.2) is 0 Å². The van der Waals surface area contributed by atoms with Crippen LogP contribution < -0.4 is 10.1 Å². The second kappa shape index (κ2) is 6.85. The number of hydrogen-bond donors (Lipinski definition) is 1. The van der Waals surface area contributed by atoms with Crippen LogP contribution in [0.3, 0.4) is 0 Å². The van der Waals surface area contributed by atoms with Crippen molar-refractivity contribution in [3.63, 3.8) is 0 Å². The molecule has 2 aromatic carbocycles. The van der Waals surface area contributed by atoms with Gasteiger partial charge in [-0.1, -0.05) is 30.3 Å². The van der Waals surface area contributed by atoms with Crippen molar-refractivity contribution in [3.05, 3.63) is 36.4 Å². The van der Waals surface area contributed by atoms with Crippen LogP contribution in [0.2, 0.25) is 0 Å². The van der Waals surface area contributed by atoms with Gasteiger partial charge in [0.2, 0.25) is 0 Å². The summed E-state index contributed by atoms with van der Waals surface area (Å²) in [6.45, 7) is 0.112. The molecule has 0 radical (unpaired) electrons. The largest absolute Gasteiger partial charge is 0.495 e. The molecule has 102 valence electrons. The van der Waals surface area contributed by atoms with Crippen LogP contribution >= 0.6 is 12.4 Å². The van der Waals surface area contributed by atoms with E-state index < -0.39 is 0 Å². The summed E-state index contributed by atoms with van der Waals surface area (Å²) in [5, 5.41) is 5.16. The first-order chi connectivity index (χ1) is 8.76. The van der Waals surface area contributed by atoms with Gasteiger partial charge in [-0.25, -0.2) is 0 Å². The van der Waals surface area contributed by atoms with Crippen LogP contribution in [0, 0.1) is 0 Å². The lowest BCUT2D eigenvalue weighted by Gasteiger charge is -2.13. The van der Waals surface area contributed by atoms with Gasteiger partial charge in [0.1, 0.15) is 12.3 Å². The number of fused-ring (bicyclic) bond motifs is 1. The molecule has 0 aliphatic rings. The van der Waals surface area contributed by atoms with Crippen molar-refractivity contribution in [3.8, 4) is 5.75 Å². The first kappa shape index (κ1) is 15.1. The van der Waals surface area contributed by atoms with Crippen molar-refractivity contribution >= 4 is 34.8 Å². The van der Waals surface area contributed by atoms with E-state index in [-0.39, 0.29) is 24.9 Å². The van der Waals surface area contributed by atoms with Crippen LogP contribution in [0.5, 0.6) is 5.75 Å². The topological polar surface area (TPSA) is 47.6 Å². The monoisotopic (exact) mass is 281 g/mol. The summed E-state index contributed by atoms with van der Waals surface area (Å²) in [6, 6.07) is 11.8. The summed E-state index contributed by atoms with van der Waals surface area (Å²) in [6.07, 6.45) is 0. The van der Waals surface area contributed by atoms with E-state index in [0.717, 1.165) is 16.5 Å². The Balaban J connectivity index is 0.00000180. The standard InChI is InChI=1S/C14H15NO3.ClH/c1-17-12-8-7-10-5-3-4-6-11(10)14(12)15-9-13(16)18-2;/h3-8,15H,9H2,1-2H3;1H. The third-order valence-electron chi connectivity index (χ3n) is 2.75. The molecule has 0 aliphatic carbocycles. The maximum Gasteiger partial charge on any atom is 0.325 e. The lowest BCUT2D eigenvalue weighted by molar-refractivity contribution is -0.138. The third-order valence-corrected chi connectivity index (χ3v) is 2.75. The molecule has 0 aromatic heterocycles. The number of carbonyl (C=O) groups is 1. The number of hydrogen-bond acceptors (Lipinski definition) is 4. The molecule has 0 saturated heterocycles. The zero-order chi connectivity index (χ0) is 13.0. The Bertz CT molecular complexity index is 572. The van der Waals surface area contributed by atoms with Gasteiger partial charge in [-0.15, -0.1) is 12.4 Å². The first-order valence-electron chi connectivity index (χ1n) is 5.62. The zero-order valence-corrected chi connectivity index (χ0v) is 11.6. The molecule has 2 aromatic rings. The minimum atomic E-state index is -0.315. The maximum atomic E-state index is 11.2. The van der Waals surface area contributed by atoms with Crippen molar-refractivity contribution < 1.29 is 14.3 Å². The normalized spacial score (nSPS) is 9.58. The van der Waals surface area contributed by atoms with Crippen LogP contribution in [-0.2, 0) is 9.53 Å². The lowest BCUT2D eigenvalue weighted by atomic mass is 10.1. The van der Waals surface area contributed by atoms with E-state index in [1.807, 2.05) is 36.4 Å². The van der Waals surface area contributed by atoms with Gasteiger partial charge in [0.05, 0.1) is 19.9 Å². The Hall–Kier alpha value is -1.94. The zero-order valence-electron chi connectivity index (χ0n) is 10.8. The van der Waals surface area contributed by atoms with E-state index in [1.54, 1.807) is 7.11 Å². The van der Waals surface area contributed by atoms with Gasteiger partial charge < -0.3 is 14.8 Å². The van der Waals surface area contributed by atoms with Crippen molar-refractivity contribution in [2.75, 3.05) is 26.1 Å². The van der Waals surface area contributed by atoms with Crippen LogP contribution in [-0.4, -0.2) is 26.7 Å². The number of nitrogens with one attached hydrogen (secondary N) is 1. The van der Waals surface area contributed by atoms with E-state index in [9.17, 15) is 4.79 Å². The maximum absolute atomic E-state index is 11.2. The molecule has 5 heteroatoms. The number of anilines is 1. The minimum Gasteiger partial charge on any atom is -0.495 e. The number of esters is 1. The molecular weight excluding hydrogens is 266 g/mol. The molecule has 2 rings (SSSR count). The number of halogens is 1. The molecule has 0 fully saturated rings. The summed E-state index contributed by atoms with van der Waals surface area (Å²) >= 11 is 0. The van der Waals surface area contributed by atoms with Crippen molar-refractivity contribution in [1.82, 2.24) is 0 Å². The molecule has 0 unspecified atom stereocenters. The average molecular weight is 282 g/mol. The highest BCUT2D eigenvalue weighted by Gasteiger charge is 2.09. The number of benzene rings is 2. The van der Waals surface area contributed by atoms with Gasteiger partial charge in [0.25, 0.3) is 0 Å². The van der Waals surface area contributed by atoms with Crippen LogP contribution in [0.15, 0.2) is 36.4 Å². The van der Waals surface area contributed by atoms with Gasteiger partial charge in [0, 0.05) is 5.39 Å². The van der Waals surface area contributed by atoms with Crippen LogP contribution in [0.4, 0.5) is 5.69 Å². The van der Waals surface area contributed by atoms with Crippen molar-refractivity contribution in [2.45, 2.75) is 0 Å². The summed E-state index contributed by atoms with van der Waals surface area (Å²) in [7, 11) is 2.97. The lowest BCUT2D eigenvalue weighted by Crippen LogP contribution is -2.15. The Morgan fingerprint density at radius 2 is 1.89 bits per heavy atom. The summed E-state index contributed by atoms with van der Waals surface area (Å²) < 4.78 is 9.92. The molecular formula is C14H16ClNO3. The summed E-state index contributed by atoms with van der Waals surface area (Å²) in [5.41, 5.74) is 0.806. The molecule has 4 nitrogen and oxygen atoms in total. The smallest absolute Gasteiger partial charge is 0.325 e. The predicted octanol–water partition coefficient (Wildman–Crippen LogP) is 2.86.